The minimum Gasteiger partial charge on any atom is -0.464 e. The predicted molar refractivity (Wildman–Crippen MR) is 66.1 cm³/mol. The molecule has 18 heavy (non-hydrogen) atoms. The van der Waals surface area contributed by atoms with E-state index in [1.807, 2.05) is 0 Å². The molecule has 0 spiro atoms. The highest BCUT2D eigenvalue weighted by atomic mass is 32.2. The molecule has 0 amide bonds. The molecule has 0 radical (unpaired) electrons. The van der Waals surface area contributed by atoms with Crippen molar-refractivity contribution in [2.45, 2.75) is 10.2 Å². The van der Waals surface area contributed by atoms with Gasteiger partial charge in [-0.05, 0) is 30.0 Å². The molecule has 2 aromatic heterocycles. The number of aromatic nitrogens is 3. The molecule has 0 aliphatic carbocycles. The molecular weight excluding hydrogens is 252 g/mol. The summed E-state index contributed by atoms with van der Waals surface area (Å²) in [4.78, 5) is 23.6. The Hall–Kier alpha value is -2.15. The van der Waals surface area contributed by atoms with Gasteiger partial charge in [0, 0.05) is 12.4 Å². The number of methoxy groups -OCH3 is 1. The van der Waals surface area contributed by atoms with E-state index in [2.05, 4.69) is 19.7 Å². The third-order valence-corrected chi connectivity index (χ3v) is 2.93. The van der Waals surface area contributed by atoms with Crippen LogP contribution in [0.3, 0.4) is 0 Å². The van der Waals surface area contributed by atoms with Crippen molar-refractivity contribution in [3.8, 4) is 0 Å². The van der Waals surface area contributed by atoms with Crippen molar-refractivity contribution in [2.24, 2.45) is 0 Å². The van der Waals surface area contributed by atoms with Gasteiger partial charge in [0.1, 0.15) is 10.7 Å². The first-order valence-corrected chi connectivity index (χ1v) is 5.82. The van der Waals surface area contributed by atoms with Gasteiger partial charge in [-0.1, -0.05) is 0 Å². The van der Waals surface area contributed by atoms with E-state index in [0.717, 1.165) is 0 Å². The summed E-state index contributed by atoms with van der Waals surface area (Å²) in [6.07, 6.45) is 3.24. The second kappa shape index (κ2) is 5.46. The Morgan fingerprint density at radius 3 is 2.72 bits per heavy atom. The van der Waals surface area contributed by atoms with E-state index in [0.29, 0.717) is 15.9 Å². The SMILES string of the molecule is COC(=O)c1ccc(N)c(Sc2ncccn2)n1. The van der Waals surface area contributed by atoms with Crippen molar-refractivity contribution < 1.29 is 9.53 Å². The number of carbonyl (C=O) groups is 1. The average Bonchev–Trinajstić information content (AvgIpc) is 2.41. The number of pyridine rings is 1. The Labute approximate surface area is 108 Å². The van der Waals surface area contributed by atoms with E-state index in [-0.39, 0.29) is 5.69 Å². The van der Waals surface area contributed by atoms with E-state index >= 15 is 0 Å². The second-order valence-corrected chi connectivity index (χ2v) is 4.17. The van der Waals surface area contributed by atoms with Crippen molar-refractivity contribution in [3.63, 3.8) is 0 Å². The Morgan fingerprint density at radius 1 is 1.33 bits per heavy atom. The summed E-state index contributed by atoms with van der Waals surface area (Å²) in [6.45, 7) is 0. The van der Waals surface area contributed by atoms with Crippen LogP contribution in [0.2, 0.25) is 0 Å². The number of esters is 1. The highest BCUT2D eigenvalue weighted by Crippen LogP contribution is 2.27. The van der Waals surface area contributed by atoms with Gasteiger partial charge >= 0.3 is 5.97 Å². The fourth-order valence-electron chi connectivity index (χ4n) is 1.18. The van der Waals surface area contributed by atoms with E-state index < -0.39 is 5.97 Å². The molecular formula is C11H10N4O2S. The normalized spacial score (nSPS) is 10.1. The number of nitrogen functional groups attached to an aromatic ring is 1. The molecule has 0 fully saturated rings. The number of hydrogen-bond acceptors (Lipinski definition) is 7. The zero-order valence-electron chi connectivity index (χ0n) is 9.53. The maximum Gasteiger partial charge on any atom is 0.356 e. The molecule has 0 atom stereocenters. The zero-order chi connectivity index (χ0) is 13.0. The number of nitrogens with two attached hydrogens (primary N) is 1. The van der Waals surface area contributed by atoms with Gasteiger partial charge in [-0.3, -0.25) is 0 Å². The molecule has 7 heteroatoms. The quantitative estimate of drug-likeness (QED) is 0.660. The highest BCUT2D eigenvalue weighted by Gasteiger charge is 2.12. The van der Waals surface area contributed by atoms with Crippen molar-refractivity contribution in [1.82, 2.24) is 15.0 Å². The van der Waals surface area contributed by atoms with Crippen molar-refractivity contribution in [2.75, 3.05) is 12.8 Å². The lowest BCUT2D eigenvalue weighted by molar-refractivity contribution is 0.0593. The van der Waals surface area contributed by atoms with E-state index in [1.54, 1.807) is 24.5 Å². The van der Waals surface area contributed by atoms with E-state index in [9.17, 15) is 4.79 Å². The lowest BCUT2D eigenvalue weighted by Crippen LogP contribution is -2.06. The zero-order valence-corrected chi connectivity index (χ0v) is 10.3. The summed E-state index contributed by atoms with van der Waals surface area (Å²) in [5.74, 6) is -0.508. The summed E-state index contributed by atoms with van der Waals surface area (Å²) in [5.41, 5.74) is 6.45. The van der Waals surface area contributed by atoms with Gasteiger partial charge in [0.05, 0.1) is 12.8 Å². The van der Waals surface area contributed by atoms with Crippen LogP contribution in [0, 0.1) is 0 Å². The van der Waals surface area contributed by atoms with E-state index in [1.165, 1.54) is 24.9 Å². The molecule has 2 rings (SSSR count). The van der Waals surface area contributed by atoms with Crippen LogP contribution < -0.4 is 5.73 Å². The van der Waals surface area contributed by atoms with Crippen LogP contribution >= 0.6 is 11.8 Å². The fourth-order valence-corrected chi connectivity index (χ4v) is 1.91. The van der Waals surface area contributed by atoms with Gasteiger partial charge in [-0.25, -0.2) is 19.7 Å². The van der Waals surface area contributed by atoms with Crippen LogP contribution in [0.4, 0.5) is 5.69 Å². The van der Waals surface area contributed by atoms with Gasteiger partial charge in [0.2, 0.25) is 0 Å². The molecule has 2 heterocycles. The maximum absolute atomic E-state index is 11.4. The second-order valence-electron chi connectivity index (χ2n) is 3.22. The minimum absolute atomic E-state index is 0.199. The predicted octanol–water partition coefficient (Wildman–Crippen LogP) is 1.39. The van der Waals surface area contributed by atoms with Crippen molar-refractivity contribution in [3.05, 3.63) is 36.3 Å². The molecule has 2 aromatic rings. The number of ether oxygens (including phenoxy) is 1. The molecule has 0 saturated carbocycles. The molecule has 0 saturated heterocycles. The van der Waals surface area contributed by atoms with Crippen molar-refractivity contribution >= 4 is 23.4 Å². The van der Waals surface area contributed by atoms with Crippen LogP contribution in [0.5, 0.6) is 0 Å². The van der Waals surface area contributed by atoms with Crippen LogP contribution in [-0.4, -0.2) is 28.0 Å². The molecule has 0 unspecified atom stereocenters. The van der Waals surface area contributed by atoms with Crippen LogP contribution in [0.15, 0.2) is 40.8 Å². The summed E-state index contributed by atoms with van der Waals surface area (Å²) in [7, 11) is 1.30. The van der Waals surface area contributed by atoms with Gasteiger partial charge in [-0.15, -0.1) is 0 Å². The lowest BCUT2D eigenvalue weighted by atomic mass is 10.3. The number of rotatable bonds is 3. The molecule has 0 aromatic carbocycles. The topological polar surface area (TPSA) is 91.0 Å². The van der Waals surface area contributed by atoms with Crippen LogP contribution in [0.1, 0.15) is 10.5 Å². The Kier molecular flexibility index (Phi) is 3.73. The molecule has 0 bridgehead atoms. The third kappa shape index (κ3) is 2.75. The monoisotopic (exact) mass is 262 g/mol. The van der Waals surface area contributed by atoms with Gasteiger partial charge in [0.15, 0.2) is 5.16 Å². The third-order valence-electron chi connectivity index (χ3n) is 2.01. The highest BCUT2D eigenvalue weighted by molar-refractivity contribution is 7.99. The molecule has 2 N–H and O–H groups in total. The first-order valence-electron chi connectivity index (χ1n) is 5.00. The smallest absolute Gasteiger partial charge is 0.356 e. The summed E-state index contributed by atoms with van der Waals surface area (Å²) in [5, 5.41) is 0.989. The first kappa shape index (κ1) is 12.3. The average molecular weight is 262 g/mol. The van der Waals surface area contributed by atoms with Gasteiger partial charge < -0.3 is 10.5 Å². The fraction of sp³-hybridized carbons (Fsp3) is 0.0909. The Bertz CT molecular complexity index is 562. The first-order chi connectivity index (χ1) is 8.70. The van der Waals surface area contributed by atoms with Gasteiger partial charge in [-0.2, -0.15) is 0 Å². The molecule has 0 aliphatic heterocycles. The van der Waals surface area contributed by atoms with Crippen molar-refractivity contribution in [1.29, 1.82) is 0 Å². The number of hydrogen-bond donors (Lipinski definition) is 1. The lowest BCUT2D eigenvalue weighted by Gasteiger charge is -2.05. The summed E-state index contributed by atoms with van der Waals surface area (Å²) < 4.78 is 4.60. The standard InChI is InChI=1S/C11H10N4O2S/c1-17-10(16)8-4-3-7(12)9(15-8)18-11-13-5-2-6-14-11/h2-6H,12H2,1H3. The van der Waals surface area contributed by atoms with Gasteiger partial charge in [0.25, 0.3) is 0 Å². The Morgan fingerprint density at radius 2 is 2.06 bits per heavy atom. The number of nitrogens with zero attached hydrogens (tertiary/aromatic N) is 3. The maximum atomic E-state index is 11.4. The number of carbonyl (C=O) groups excluding carboxylic acids is 1. The molecule has 0 aliphatic rings. The molecule has 92 valence electrons. The Balaban J connectivity index is 2.30. The van der Waals surface area contributed by atoms with Crippen LogP contribution in [0.25, 0.3) is 0 Å². The largest absolute Gasteiger partial charge is 0.464 e. The number of anilines is 1. The van der Waals surface area contributed by atoms with Crippen LogP contribution in [-0.2, 0) is 4.74 Å². The minimum atomic E-state index is -0.508. The molecule has 6 nitrogen and oxygen atoms in total. The van der Waals surface area contributed by atoms with E-state index in [4.69, 9.17) is 5.73 Å². The summed E-state index contributed by atoms with van der Waals surface area (Å²) >= 11 is 1.19. The summed E-state index contributed by atoms with van der Waals surface area (Å²) in [6, 6.07) is 4.83.